The van der Waals surface area contributed by atoms with Crippen LogP contribution in [0.5, 0.6) is 0 Å². The van der Waals surface area contributed by atoms with Crippen LogP contribution >= 0.6 is 0 Å². The Kier molecular flexibility index (Phi) is 1.98. The van der Waals surface area contributed by atoms with Gasteiger partial charge < -0.3 is 0 Å². The molecule has 0 radical (unpaired) electrons. The van der Waals surface area contributed by atoms with E-state index in [2.05, 4.69) is 22.4 Å². The van der Waals surface area contributed by atoms with Crippen molar-refractivity contribution in [3.8, 4) is 0 Å². The molecule has 1 aromatic heterocycles. The molecular weight excluding hydrogens is 124 g/mol. The molecule has 0 bridgehead atoms. The summed E-state index contributed by atoms with van der Waals surface area (Å²) in [6.07, 6.45) is 1.73. The highest BCUT2D eigenvalue weighted by Crippen LogP contribution is 2.12. The Labute approximate surface area is 60.0 Å². The SMILES string of the molecule is C=C=Nc1cccnc1C. The molecular formula is C8H8N2. The maximum Gasteiger partial charge on any atom is 0.0941 e. The predicted molar refractivity (Wildman–Crippen MR) is 41.7 cm³/mol. The van der Waals surface area contributed by atoms with Crippen LogP contribution in [-0.2, 0) is 0 Å². The van der Waals surface area contributed by atoms with Crippen LogP contribution in [0.4, 0.5) is 5.69 Å². The number of aromatic nitrogens is 1. The van der Waals surface area contributed by atoms with E-state index in [0.29, 0.717) is 0 Å². The topological polar surface area (TPSA) is 25.2 Å². The van der Waals surface area contributed by atoms with Crippen LogP contribution in [0.1, 0.15) is 5.69 Å². The third-order valence-corrected chi connectivity index (χ3v) is 1.18. The maximum atomic E-state index is 4.04. The third-order valence-electron chi connectivity index (χ3n) is 1.18. The van der Waals surface area contributed by atoms with Gasteiger partial charge in [0.05, 0.1) is 11.4 Å². The van der Waals surface area contributed by atoms with Gasteiger partial charge in [0.15, 0.2) is 0 Å². The monoisotopic (exact) mass is 132 g/mol. The molecule has 10 heavy (non-hydrogen) atoms. The zero-order valence-corrected chi connectivity index (χ0v) is 5.83. The second-order valence-corrected chi connectivity index (χ2v) is 1.88. The van der Waals surface area contributed by atoms with Crippen molar-refractivity contribution >= 4 is 11.6 Å². The second kappa shape index (κ2) is 2.95. The first kappa shape index (κ1) is 6.72. The molecule has 1 aromatic rings. The third kappa shape index (κ3) is 1.30. The number of pyridine rings is 1. The minimum Gasteiger partial charge on any atom is -0.259 e. The second-order valence-electron chi connectivity index (χ2n) is 1.88. The molecule has 0 aliphatic carbocycles. The molecule has 0 aromatic carbocycles. The molecule has 0 fully saturated rings. The molecule has 1 heterocycles. The molecule has 50 valence electrons. The first-order chi connectivity index (χ1) is 4.84. The molecule has 0 aliphatic heterocycles. The van der Waals surface area contributed by atoms with Crippen molar-refractivity contribution in [2.45, 2.75) is 6.92 Å². The smallest absolute Gasteiger partial charge is 0.0941 e. The minimum absolute atomic E-state index is 0.831. The number of nitrogens with zero attached hydrogens (tertiary/aromatic N) is 2. The van der Waals surface area contributed by atoms with Gasteiger partial charge in [-0.15, -0.1) is 0 Å². The minimum atomic E-state index is 0.831. The lowest BCUT2D eigenvalue weighted by Gasteiger charge is -1.92. The van der Waals surface area contributed by atoms with Gasteiger partial charge in [0, 0.05) is 6.20 Å². The fraction of sp³-hybridized carbons (Fsp3) is 0.125. The van der Waals surface area contributed by atoms with Crippen LogP contribution in [0.15, 0.2) is 29.9 Å². The standard InChI is InChI=1S/C8H8N2/c1-3-9-8-5-4-6-10-7(8)2/h4-6H,1H2,2H3. The maximum absolute atomic E-state index is 4.04. The van der Waals surface area contributed by atoms with E-state index in [0.717, 1.165) is 11.4 Å². The molecule has 0 aliphatic rings. The Morgan fingerprint density at radius 2 is 2.50 bits per heavy atom. The van der Waals surface area contributed by atoms with Gasteiger partial charge in [0.1, 0.15) is 0 Å². The fourth-order valence-corrected chi connectivity index (χ4v) is 0.679. The summed E-state index contributed by atoms with van der Waals surface area (Å²) in [5, 5.41) is 0. The van der Waals surface area contributed by atoms with Crippen LogP contribution < -0.4 is 0 Å². The zero-order valence-electron chi connectivity index (χ0n) is 5.83. The van der Waals surface area contributed by atoms with Crippen LogP contribution in [-0.4, -0.2) is 10.9 Å². The van der Waals surface area contributed by atoms with Crippen molar-refractivity contribution < 1.29 is 0 Å². The van der Waals surface area contributed by atoms with E-state index in [1.807, 2.05) is 19.1 Å². The molecule has 0 N–H and O–H groups in total. The molecule has 2 nitrogen and oxygen atoms in total. The Morgan fingerprint density at radius 3 is 3.10 bits per heavy atom. The Morgan fingerprint density at radius 1 is 1.70 bits per heavy atom. The molecule has 1 rings (SSSR count). The molecule has 0 spiro atoms. The van der Waals surface area contributed by atoms with Crippen molar-refractivity contribution in [3.63, 3.8) is 0 Å². The van der Waals surface area contributed by atoms with Crippen LogP contribution in [0, 0.1) is 6.92 Å². The molecule has 0 atom stereocenters. The first-order valence-electron chi connectivity index (χ1n) is 2.99. The van der Waals surface area contributed by atoms with Crippen molar-refractivity contribution in [1.29, 1.82) is 0 Å². The molecule has 2 heteroatoms. The van der Waals surface area contributed by atoms with Gasteiger partial charge in [-0.1, -0.05) is 0 Å². The van der Waals surface area contributed by atoms with E-state index in [4.69, 9.17) is 0 Å². The van der Waals surface area contributed by atoms with Gasteiger partial charge in [-0.25, -0.2) is 4.99 Å². The summed E-state index contributed by atoms with van der Waals surface area (Å²) in [6, 6.07) is 3.71. The molecule has 0 unspecified atom stereocenters. The van der Waals surface area contributed by atoms with E-state index in [1.54, 1.807) is 6.20 Å². The van der Waals surface area contributed by atoms with Crippen LogP contribution in [0.2, 0.25) is 0 Å². The Balaban J connectivity index is 3.14. The summed E-state index contributed by atoms with van der Waals surface area (Å²) in [7, 11) is 0. The summed E-state index contributed by atoms with van der Waals surface area (Å²) < 4.78 is 0. The van der Waals surface area contributed by atoms with Gasteiger partial charge in [-0.05, 0) is 31.5 Å². The van der Waals surface area contributed by atoms with E-state index >= 15 is 0 Å². The van der Waals surface area contributed by atoms with Crippen LogP contribution in [0.3, 0.4) is 0 Å². The number of aryl methyl sites for hydroxylation is 1. The van der Waals surface area contributed by atoms with E-state index in [-0.39, 0.29) is 0 Å². The number of hydrogen-bond acceptors (Lipinski definition) is 2. The lowest BCUT2D eigenvalue weighted by molar-refractivity contribution is 1.19. The normalized spacial score (nSPS) is 8.50. The highest BCUT2D eigenvalue weighted by molar-refractivity contribution is 5.56. The van der Waals surface area contributed by atoms with E-state index < -0.39 is 0 Å². The number of rotatable bonds is 1. The number of aliphatic imine (C=N–C) groups is 1. The highest BCUT2D eigenvalue weighted by atomic mass is 14.8. The predicted octanol–water partition coefficient (Wildman–Crippen LogP) is 1.88. The average molecular weight is 132 g/mol. The lowest BCUT2D eigenvalue weighted by Crippen LogP contribution is -1.77. The largest absolute Gasteiger partial charge is 0.259 e. The van der Waals surface area contributed by atoms with Crippen molar-refractivity contribution in [1.82, 2.24) is 4.98 Å². The molecule has 0 amide bonds. The summed E-state index contributed by atoms with van der Waals surface area (Å²) >= 11 is 0. The van der Waals surface area contributed by atoms with E-state index in [1.165, 1.54) is 0 Å². The molecule has 0 saturated heterocycles. The fourth-order valence-electron chi connectivity index (χ4n) is 0.679. The van der Waals surface area contributed by atoms with Gasteiger partial charge >= 0.3 is 0 Å². The van der Waals surface area contributed by atoms with Gasteiger partial charge in [-0.3, -0.25) is 4.98 Å². The summed E-state index contributed by atoms with van der Waals surface area (Å²) in [4.78, 5) is 7.92. The van der Waals surface area contributed by atoms with Gasteiger partial charge in [0.25, 0.3) is 0 Å². The van der Waals surface area contributed by atoms with Gasteiger partial charge in [-0.2, -0.15) is 0 Å². The van der Waals surface area contributed by atoms with Crippen molar-refractivity contribution in [2.75, 3.05) is 0 Å². The van der Waals surface area contributed by atoms with Crippen molar-refractivity contribution in [2.24, 2.45) is 4.99 Å². The van der Waals surface area contributed by atoms with Crippen LogP contribution in [0.25, 0.3) is 0 Å². The summed E-state index contributed by atoms with van der Waals surface area (Å²) in [5.41, 5.74) is 1.73. The lowest BCUT2D eigenvalue weighted by atomic mass is 10.3. The first-order valence-corrected chi connectivity index (χ1v) is 2.99. The number of hydrogen-bond donors (Lipinski definition) is 0. The van der Waals surface area contributed by atoms with Crippen molar-refractivity contribution in [3.05, 3.63) is 30.6 Å². The summed E-state index contributed by atoms with van der Waals surface area (Å²) in [5.74, 6) is 2.46. The van der Waals surface area contributed by atoms with E-state index in [9.17, 15) is 0 Å². The highest BCUT2D eigenvalue weighted by Gasteiger charge is 1.91. The summed E-state index contributed by atoms with van der Waals surface area (Å²) in [6.45, 7) is 5.28. The zero-order chi connectivity index (χ0) is 7.40. The Bertz CT molecular complexity index is 272. The molecule has 0 saturated carbocycles. The quantitative estimate of drug-likeness (QED) is 0.535. The average Bonchev–Trinajstić information content (AvgIpc) is 1.94. The Hall–Kier alpha value is -1.40. The van der Waals surface area contributed by atoms with Gasteiger partial charge in [0.2, 0.25) is 0 Å².